The van der Waals surface area contributed by atoms with E-state index in [2.05, 4.69) is 61.4 Å². The molecule has 0 amide bonds. The first-order valence-corrected chi connectivity index (χ1v) is 7.62. The number of benzene rings is 1. The van der Waals surface area contributed by atoms with Crippen LogP contribution in [0.1, 0.15) is 43.0 Å². The van der Waals surface area contributed by atoms with Crippen LogP contribution in [0.2, 0.25) is 0 Å². The molecule has 2 rings (SSSR count). The van der Waals surface area contributed by atoms with Crippen molar-refractivity contribution in [1.29, 1.82) is 0 Å². The van der Waals surface area contributed by atoms with Gasteiger partial charge in [-0.3, -0.25) is 4.98 Å². The monoisotopic (exact) mass is 284 g/mol. The standard InChI is InChI=1S/C18H24N2O/c1-4-9-21-17-11-16(12-19-13-17)18(20-5-2)15-8-6-7-14(3)10-15/h6-8,10-13,18,20H,4-5,9H2,1-3H3. The highest BCUT2D eigenvalue weighted by Gasteiger charge is 2.14. The van der Waals surface area contributed by atoms with Gasteiger partial charge in [0.05, 0.1) is 18.8 Å². The molecule has 0 saturated heterocycles. The van der Waals surface area contributed by atoms with Crippen LogP contribution in [0.4, 0.5) is 0 Å². The molecule has 1 unspecified atom stereocenters. The molecule has 0 bridgehead atoms. The molecule has 1 atom stereocenters. The highest BCUT2D eigenvalue weighted by molar-refractivity contribution is 5.35. The Balaban J connectivity index is 2.29. The van der Waals surface area contributed by atoms with E-state index in [-0.39, 0.29) is 6.04 Å². The maximum Gasteiger partial charge on any atom is 0.137 e. The summed E-state index contributed by atoms with van der Waals surface area (Å²) in [5, 5.41) is 3.53. The summed E-state index contributed by atoms with van der Waals surface area (Å²) in [4.78, 5) is 4.32. The van der Waals surface area contributed by atoms with Crippen LogP contribution in [0.3, 0.4) is 0 Å². The van der Waals surface area contributed by atoms with Crippen LogP contribution >= 0.6 is 0 Å². The van der Waals surface area contributed by atoms with Gasteiger partial charge in [0.25, 0.3) is 0 Å². The summed E-state index contributed by atoms with van der Waals surface area (Å²) in [6, 6.07) is 10.8. The van der Waals surface area contributed by atoms with Gasteiger partial charge < -0.3 is 10.1 Å². The van der Waals surface area contributed by atoms with Crippen molar-refractivity contribution >= 4 is 0 Å². The molecule has 1 aromatic heterocycles. The van der Waals surface area contributed by atoms with Crippen molar-refractivity contribution in [1.82, 2.24) is 10.3 Å². The summed E-state index contributed by atoms with van der Waals surface area (Å²) in [7, 11) is 0. The molecule has 0 spiro atoms. The van der Waals surface area contributed by atoms with Gasteiger partial charge in [-0.25, -0.2) is 0 Å². The number of ether oxygens (including phenoxy) is 1. The molecule has 21 heavy (non-hydrogen) atoms. The largest absolute Gasteiger partial charge is 0.492 e. The highest BCUT2D eigenvalue weighted by Crippen LogP contribution is 2.25. The zero-order valence-corrected chi connectivity index (χ0v) is 13.1. The van der Waals surface area contributed by atoms with Crippen molar-refractivity contribution in [2.45, 2.75) is 33.2 Å². The fourth-order valence-electron chi connectivity index (χ4n) is 2.37. The first-order chi connectivity index (χ1) is 10.2. The van der Waals surface area contributed by atoms with E-state index < -0.39 is 0 Å². The van der Waals surface area contributed by atoms with Crippen LogP contribution in [0.5, 0.6) is 5.75 Å². The SMILES string of the molecule is CCCOc1cncc(C(NCC)c2cccc(C)c2)c1. The van der Waals surface area contributed by atoms with E-state index in [0.29, 0.717) is 0 Å². The number of pyridine rings is 1. The molecule has 112 valence electrons. The van der Waals surface area contributed by atoms with Crippen molar-refractivity contribution in [3.05, 3.63) is 59.4 Å². The predicted molar refractivity (Wildman–Crippen MR) is 86.7 cm³/mol. The van der Waals surface area contributed by atoms with E-state index in [1.54, 1.807) is 6.20 Å². The van der Waals surface area contributed by atoms with Gasteiger partial charge >= 0.3 is 0 Å². The minimum atomic E-state index is 0.146. The number of hydrogen-bond donors (Lipinski definition) is 1. The summed E-state index contributed by atoms with van der Waals surface area (Å²) in [5.74, 6) is 0.838. The summed E-state index contributed by atoms with van der Waals surface area (Å²) < 4.78 is 5.69. The summed E-state index contributed by atoms with van der Waals surface area (Å²) in [6.45, 7) is 7.96. The molecule has 1 heterocycles. The zero-order chi connectivity index (χ0) is 15.1. The van der Waals surface area contributed by atoms with Gasteiger partial charge in [0, 0.05) is 6.20 Å². The third kappa shape index (κ3) is 4.30. The summed E-state index contributed by atoms with van der Waals surface area (Å²) >= 11 is 0. The maximum atomic E-state index is 5.69. The van der Waals surface area contributed by atoms with Crippen molar-refractivity contribution in [2.24, 2.45) is 0 Å². The summed E-state index contributed by atoms with van der Waals surface area (Å²) in [5.41, 5.74) is 3.66. The Morgan fingerprint density at radius 3 is 2.71 bits per heavy atom. The van der Waals surface area contributed by atoms with Crippen molar-refractivity contribution < 1.29 is 4.74 Å². The smallest absolute Gasteiger partial charge is 0.137 e. The molecule has 0 radical (unpaired) electrons. The third-order valence-electron chi connectivity index (χ3n) is 3.32. The zero-order valence-electron chi connectivity index (χ0n) is 13.1. The van der Waals surface area contributed by atoms with E-state index >= 15 is 0 Å². The van der Waals surface area contributed by atoms with E-state index in [9.17, 15) is 0 Å². The molecule has 0 saturated carbocycles. The topological polar surface area (TPSA) is 34.1 Å². The number of nitrogens with zero attached hydrogens (tertiary/aromatic N) is 1. The van der Waals surface area contributed by atoms with E-state index in [0.717, 1.165) is 30.9 Å². The second kappa shape index (κ2) is 7.79. The first-order valence-electron chi connectivity index (χ1n) is 7.62. The van der Waals surface area contributed by atoms with E-state index in [1.165, 1.54) is 11.1 Å². The average molecular weight is 284 g/mol. The molecule has 2 aromatic rings. The van der Waals surface area contributed by atoms with Crippen molar-refractivity contribution in [2.75, 3.05) is 13.2 Å². The Bertz CT molecular complexity index is 569. The minimum absolute atomic E-state index is 0.146. The van der Waals surface area contributed by atoms with Crippen LogP contribution in [0, 0.1) is 6.92 Å². The van der Waals surface area contributed by atoms with Crippen molar-refractivity contribution in [3.63, 3.8) is 0 Å². The number of hydrogen-bond acceptors (Lipinski definition) is 3. The molecule has 0 fully saturated rings. The Hall–Kier alpha value is -1.87. The van der Waals surface area contributed by atoms with Gasteiger partial charge in [-0.05, 0) is 37.1 Å². The van der Waals surface area contributed by atoms with Gasteiger partial charge in [-0.2, -0.15) is 0 Å². The normalized spacial score (nSPS) is 12.1. The molecule has 0 aliphatic rings. The Labute approximate surface area is 127 Å². The average Bonchev–Trinajstić information content (AvgIpc) is 2.51. The minimum Gasteiger partial charge on any atom is -0.492 e. The lowest BCUT2D eigenvalue weighted by Gasteiger charge is -2.19. The van der Waals surface area contributed by atoms with Crippen molar-refractivity contribution in [3.8, 4) is 5.75 Å². The Morgan fingerprint density at radius 2 is 2.00 bits per heavy atom. The van der Waals surface area contributed by atoms with Crippen LogP contribution in [0.25, 0.3) is 0 Å². The lowest BCUT2D eigenvalue weighted by molar-refractivity contribution is 0.315. The van der Waals surface area contributed by atoms with E-state index in [4.69, 9.17) is 4.74 Å². The number of aromatic nitrogens is 1. The lowest BCUT2D eigenvalue weighted by atomic mass is 9.98. The second-order valence-corrected chi connectivity index (χ2v) is 5.21. The number of nitrogens with one attached hydrogen (secondary N) is 1. The first kappa shape index (κ1) is 15.5. The molecule has 0 aliphatic carbocycles. The molecule has 1 aromatic carbocycles. The highest BCUT2D eigenvalue weighted by atomic mass is 16.5. The molecule has 0 aliphatic heterocycles. The number of rotatable bonds is 7. The maximum absolute atomic E-state index is 5.69. The fraction of sp³-hybridized carbons (Fsp3) is 0.389. The fourth-order valence-corrected chi connectivity index (χ4v) is 2.37. The third-order valence-corrected chi connectivity index (χ3v) is 3.32. The van der Waals surface area contributed by atoms with Crippen LogP contribution in [0.15, 0.2) is 42.7 Å². The molecular formula is C18H24N2O. The summed E-state index contributed by atoms with van der Waals surface area (Å²) in [6.07, 6.45) is 4.69. The molecule has 3 heteroatoms. The van der Waals surface area contributed by atoms with Crippen LogP contribution in [-0.4, -0.2) is 18.1 Å². The van der Waals surface area contributed by atoms with Gasteiger partial charge in [-0.15, -0.1) is 0 Å². The molecular weight excluding hydrogens is 260 g/mol. The number of aryl methyl sites for hydroxylation is 1. The molecule has 1 N–H and O–H groups in total. The van der Waals surface area contributed by atoms with Gasteiger partial charge in [0.1, 0.15) is 5.75 Å². The Morgan fingerprint density at radius 1 is 1.14 bits per heavy atom. The van der Waals surface area contributed by atoms with Gasteiger partial charge in [-0.1, -0.05) is 43.7 Å². The van der Waals surface area contributed by atoms with Crippen LogP contribution in [-0.2, 0) is 0 Å². The lowest BCUT2D eigenvalue weighted by Crippen LogP contribution is -2.22. The molecule has 3 nitrogen and oxygen atoms in total. The predicted octanol–water partition coefficient (Wildman–Crippen LogP) is 3.88. The second-order valence-electron chi connectivity index (χ2n) is 5.21. The van der Waals surface area contributed by atoms with Crippen LogP contribution < -0.4 is 10.1 Å². The quantitative estimate of drug-likeness (QED) is 0.838. The van der Waals surface area contributed by atoms with Gasteiger partial charge in [0.2, 0.25) is 0 Å². The van der Waals surface area contributed by atoms with Gasteiger partial charge in [0.15, 0.2) is 0 Å². The Kier molecular flexibility index (Phi) is 5.76. The van der Waals surface area contributed by atoms with E-state index in [1.807, 2.05) is 6.20 Å².